The maximum atomic E-state index is 11.8. The molecule has 0 aromatic carbocycles. The van der Waals surface area contributed by atoms with E-state index in [0.717, 1.165) is 6.29 Å². The van der Waals surface area contributed by atoms with Gasteiger partial charge in [-0.25, -0.2) is 4.79 Å². The van der Waals surface area contributed by atoms with E-state index >= 15 is 0 Å². The molecule has 0 aromatic heterocycles. The number of carbonyl (C=O) groups excluding carboxylic acids is 2. The fraction of sp³-hybridized carbons (Fsp3) is 0.833. The summed E-state index contributed by atoms with van der Waals surface area (Å²) in [6.07, 6.45) is 1.63. The zero-order valence-corrected chi connectivity index (χ0v) is 10.8. The third-order valence-corrected chi connectivity index (χ3v) is 2.40. The number of aldehydes is 1. The molecule has 1 amide bonds. The van der Waals surface area contributed by atoms with Gasteiger partial charge in [-0.15, -0.1) is 0 Å². The SMILES string of the molecule is CC(C)(C)OC(=O)N1CCO[C@H](CCC=O)C1. The van der Waals surface area contributed by atoms with E-state index in [1.165, 1.54) is 0 Å². The lowest BCUT2D eigenvalue weighted by Gasteiger charge is -2.34. The van der Waals surface area contributed by atoms with Gasteiger partial charge in [-0.3, -0.25) is 0 Å². The summed E-state index contributed by atoms with van der Waals surface area (Å²) in [7, 11) is 0. The van der Waals surface area contributed by atoms with Crippen LogP contribution >= 0.6 is 0 Å². The number of ether oxygens (including phenoxy) is 2. The van der Waals surface area contributed by atoms with Crippen LogP contribution in [-0.4, -0.2) is 48.7 Å². The Kier molecular flexibility index (Phi) is 4.93. The molecule has 0 aromatic rings. The van der Waals surface area contributed by atoms with Crippen molar-refractivity contribution >= 4 is 12.4 Å². The lowest BCUT2D eigenvalue weighted by molar-refractivity contribution is -0.109. The molecule has 1 aliphatic heterocycles. The van der Waals surface area contributed by atoms with Crippen LogP contribution < -0.4 is 0 Å². The summed E-state index contributed by atoms with van der Waals surface area (Å²) in [4.78, 5) is 23.7. The molecule has 17 heavy (non-hydrogen) atoms. The van der Waals surface area contributed by atoms with Gasteiger partial charge in [0, 0.05) is 13.0 Å². The van der Waals surface area contributed by atoms with Crippen molar-refractivity contribution in [1.82, 2.24) is 4.90 Å². The van der Waals surface area contributed by atoms with E-state index in [1.54, 1.807) is 4.90 Å². The molecule has 5 heteroatoms. The highest BCUT2D eigenvalue weighted by Crippen LogP contribution is 2.14. The Balaban J connectivity index is 2.43. The van der Waals surface area contributed by atoms with Crippen molar-refractivity contribution in [2.24, 2.45) is 0 Å². The van der Waals surface area contributed by atoms with Crippen LogP contribution in [0.25, 0.3) is 0 Å². The zero-order chi connectivity index (χ0) is 12.9. The van der Waals surface area contributed by atoms with Gasteiger partial charge >= 0.3 is 6.09 Å². The van der Waals surface area contributed by atoms with Crippen LogP contribution in [0.1, 0.15) is 33.6 Å². The molecule has 1 saturated heterocycles. The molecule has 1 atom stereocenters. The lowest BCUT2D eigenvalue weighted by Crippen LogP contribution is -2.47. The van der Waals surface area contributed by atoms with Crippen LogP contribution in [0.3, 0.4) is 0 Å². The molecular formula is C12H21NO4. The lowest BCUT2D eigenvalue weighted by atomic mass is 10.1. The zero-order valence-electron chi connectivity index (χ0n) is 10.8. The van der Waals surface area contributed by atoms with Crippen molar-refractivity contribution in [3.05, 3.63) is 0 Å². The quantitative estimate of drug-likeness (QED) is 0.706. The highest BCUT2D eigenvalue weighted by molar-refractivity contribution is 5.68. The molecule has 0 bridgehead atoms. The monoisotopic (exact) mass is 243 g/mol. The Morgan fingerprint density at radius 1 is 1.53 bits per heavy atom. The summed E-state index contributed by atoms with van der Waals surface area (Å²) in [6.45, 7) is 7.08. The van der Waals surface area contributed by atoms with Gasteiger partial charge in [-0.2, -0.15) is 0 Å². The smallest absolute Gasteiger partial charge is 0.410 e. The maximum absolute atomic E-state index is 11.8. The number of morpholine rings is 1. The van der Waals surface area contributed by atoms with Gasteiger partial charge in [0.05, 0.1) is 19.3 Å². The second-order valence-electron chi connectivity index (χ2n) is 5.16. The van der Waals surface area contributed by atoms with E-state index in [9.17, 15) is 9.59 Å². The molecule has 1 aliphatic rings. The topological polar surface area (TPSA) is 55.8 Å². The summed E-state index contributed by atoms with van der Waals surface area (Å²) < 4.78 is 10.8. The molecular weight excluding hydrogens is 222 g/mol. The van der Waals surface area contributed by atoms with Gasteiger partial charge in [0.1, 0.15) is 11.9 Å². The third kappa shape index (κ3) is 5.17. The van der Waals surface area contributed by atoms with Crippen LogP contribution in [0, 0.1) is 0 Å². The molecule has 0 spiro atoms. The van der Waals surface area contributed by atoms with Gasteiger partial charge in [0.15, 0.2) is 0 Å². The van der Waals surface area contributed by atoms with Crippen LogP contribution in [-0.2, 0) is 14.3 Å². The van der Waals surface area contributed by atoms with E-state index in [0.29, 0.717) is 32.5 Å². The standard InChI is InChI=1S/C12H21NO4/c1-12(2,3)17-11(15)13-6-8-16-10(9-13)5-4-7-14/h7,10H,4-6,8-9H2,1-3H3/t10-/m1/s1. The number of nitrogens with zero attached hydrogens (tertiary/aromatic N) is 1. The largest absolute Gasteiger partial charge is 0.444 e. The van der Waals surface area contributed by atoms with Crippen LogP contribution in [0.4, 0.5) is 4.79 Å². The summed E-state index contributed by atoms with van der Waals surface area (Å²) >= 11 is 0. The Labute approximate surface area is 102 Å². The Hall–Kier alpha value is -1.10. The van der Waals surface area contributed by atoms with Crippen molar-refractivity contribution < 1.29 is 19.1 Å². The van der Waals surface area contributed by atoms with Crippen LogP contribution in [0.15, 0.2) is 0 Å². The van der Waals surface area contributed by atoms with Crippen molar-refractivity contribution in [3.63, 3.8) is 0 Å². The predicted octanol–water partition coefficient (Wildman–Crippen LogP) is 1.60. The first kappa shape index (κ1) is 14.0. The summed E-state index contributed by atoms with van der Waals surface area (Å²) in [6, 6.07) is 0. The van der Waals surface area contributed by atoms with E-state index in [1.807, 2.05) is 20.8 Å². The first-order valence-electron chi connectivity index (χ1n) is 5.95. The van der Waals surface area contributed by atoms with Gasteiger partial charge in [-0.05, 0) is 27.2 Å². The minimum Gasteiger partial charge on any atom is -0.444 e. The average molecular weight is 243 g/mol. The normalized spacial score (nSPS) is 21.1. The molecule has 1 fully saturated rings. The Bertz CT molecular complexity index is 272. The second kappa shape index (κ2) is 6.00. The molecule has 0 aliphatic carbocycles. The van der Waals surface area contributed by atoms with Crippen molar-refractivity contribution in [2.45, 2.75) is 45.3 Å². The molecule has 1 heterocycles. The first-order valence-corrected chi connectivity index (χ1v) is 5.95. The van der Waals surface area contributed by atoms with Crippen molar-refractivity contribution in [2.75, 3.05) is 19.7 Å². The Morgan fingerprint density at radius 3 is 2.82 bits per heavy atom. The highest BCUT2D eigenvalue weighted by atomic mass is 16.6. The maximum Gasteiger partial charge on any atom is 0.410 e. The van der Waals surface area contributed by atoms with E-state index in [-0.39, 0.29) is 12.2 Å². The van der Waals surface area contributed by atoms with Crippen LogP contribution in [0.5, 0.6) is 0 Å². The Morgan fingerprint density at radius 2 is 2.24 bits per heavy atom. The molecule has 1 rings (SSSR count). The van der Waals surface area contributed by atoms with Gasteiger partial charge in [0.25, 0.3) is 0 Å². The van der Waals surface area contributed by atoms with Gasteiger partial charge in [-0.1, -0.05) is 0 Å². The van der Waals surface area contributed by atoms with Gasteiger partial charge < -0.3 is 19.2 Å². The minimum atomic E-state index is -0.478. The number of carbonyl (C=O) groups is 2. The number of amides is 1. The fourth-order valence-corrected chi connectivity index (χ4v) is 1.64. The second-order valence-corrected chi connectivity index (χ2v) is 5.16. The molecule has 5 nitrogen and oxygen atoms in total. The average Bonchev–Trinajstić information content (AvgIpc) is 2.24. The number of hydrogen-bond acceptors (Lipinski definition) is 4. The molecule has 0 radical (unpaired) electrons. The summed E-state index contributed by atoms with van der Waals surface area (Å²) in [5.74, 6) is 0. The first-order chi connectivity index (χ1) is 7.92. The molecule has 0 unspecified atom stereocenters. The summed E-state index contributed by atoms with van der Waals surface area (Å²) in [5, 5.41) is 0. The predicted molar refractivity (Wildman–Crippen MR) is 62.8 cm³/mol. The van der Waals surface area contributed by atoms with E-state index < -0.39 is 5.60 Å². The minimum absolute atomic E-state index is 0.0542. The third-order valence-electron chi connectivity index (χ3n) is 2.40. The molecule has 0 saturated carbocycles. The molecule has 98 valence electrons. The van der Waals surface area contributed by atoms with Crippen molar-refractivity contribution in [3.8, 4) is 0 Å². The van der Waals surface area contributed by atoms with Gasteiger partial charge in [0.2, 0.25) is 0 Å². The van der Waals surface area contributed by atoms with Crippen molar-refractivity contribution in [1.29, 1.82) is 0 Å². The summed E-state index contributed by atoms with van der Waals surface area (Å²) in [5.41, 5.74) is -0.478. The fourth-order valence-electron chi connectivity index (χ4n) is 1.64. The van der Waals surface area contributed by atoms with E-state index in [2.05, 4.69) is 0 Å². The van der Waals surface area contributed by atoms with Crippen LogP contribution in [0.2, 0.25) is 0 Å². The number of hydrogen-bond donors (Lipinski definition) is 0. The number of rotatable bonds is 3. The molecule has 0 N–H and O–H groups in total. The van der Waals surface area contributed by atoms with E-state index in [4.69, 9.17) is 9.47 Å². The highest BCUT2D eigenvalue weighted by Gasteiger charge is 2.27.